The molecule has 6 aromatic rings. The number of allylic oxidation sites excluding steroid dienone is 2. The summed E-state index contributed by atoms with van der Waals surface area (Å²) >= 11 is 1.71. The van der Waals surface area contributed by atoms with Crippen LogP contribution in [0.5, 0.6) is 0 Å². The van der Waals surface area contributed by atoms with Crippen molar-refractivity contribution in [3.8, 4) is 11.3 Å². The fourth-order valence-electron chi connectivity index (χ4n) is 6.76. The molecule has 0 saturated heterocycles. The van der Waals surface area contributed by atoms with Crippen LogP contribution in [0.3, 0.4) is 0 Å². The van der Waals surface area contributed by atoms with Crippen molar-refractivity contribution < 1.29 is 34.4 Å². The number of carbonyl (C=O) groups excluding carboxylic acids is 1. The topological polar surface area (TPSA) is 89.1 Å². The monoisotopic (exact) mass is 897 g/mol. The van der Waals surface area contributed by atoms with Gasteiger partial charge >= 0.3 is 0 Å². The number of pyridine rings is 1. The summed E-state index contributed by atoms with van der Waals surface area (Å²) in [6.07, 6.45) is 7.56. The molecule has 6 rings (SSSR count). The quantitative estimate of drug-likeness (QED) is 0.0883. The van der Waals surface area contributed by atoms with Gasteiger partial charge in [0.25, 0.3) is 0 Å². The van der Waals surface area contributed by atoms with E-state index in [4.69, 9.17) is 14.4 Å². The average molecular weight is 897 g/mol. The number of aromatic nitrogens is 3. The molecule has 8 heteroatoms. The zero-order chi connectivity index (χ0) is 37.2. The normalized spacial score (nSPS) is 12.6. The fourth-order valence-corrected chi connectivity index (χ4v) is 7.97. The van der Waals surface area contributed by atoms with Crippen molar-refractivity contribution >= 4 is 59.5 Å². The van der Waals surface area contributed by atoms with Crippen molar-refractivity contribution in [3.05, 3.63) is 77.4 Å². The maximum Gasteiger partial charge on any atom is 0.171 e. The van der Waals surface area contributed by atoms with E-state index in [1.807, 2.05) is 40.7 Å². The van der Waals surface area contributed by atoms with E-state index < -0.39 is 0 Å². The van der Waals surface area contributed by atoms with Crippen LogP contribution in [0.15, 0.2) is 59.0 Å². The molecule has 0 fully saturated rings. The van der Waals surface area contributed by atoms with Crippen molar-refractivity contribution in [1.29, 1.82) is 0 Å². The number of carbonyl (C=O) groups is 1. The molecule has 0 spiro atoms. The minimum absolute atomic E-state index is 0. The van der Waals surface area contributed by atoms with Gasteiger partial charge in [0.2, 0.25) is 0 Å². The van der Waals surface area contributed by atoms with Crippen LogP contribution in [0.25, 0.3) is 53.6 Å². The maximum atomic E-state index is 11.7. The third-order valence-corrected chi connectivity index (χ3v) is 10.9. The summed E-state index contributed by atoms with van der Waals surface area (Å²) < 4.78 is 8.51. The van der Waals surface area contributed by atoms with Gasteiger partial charge in [-0.1, -0.05) is 97.9 Å². The second-order valence-corrected chi connectivity index (χ2v) is 17.0. The Balaban J connectivity index is 0.000000323. The van der Waals surface area contributed by atoms with Gasteiger partial charge in [0.1, 0.15) is 17.4 Å². The number of rotatable bonds is 9. The van der Waals surface area contributed by atoms with E-state index in [0.29, 0.717) is 0 Å². The van der Waals surface area contributed by atoms with E-state index in [1.165, 1.54) is 17.2 Å². The van der Waals surface area contributed by atoms with Crippen molar-refractivity contribution in [2.45, 2.75) is 114 Å². The van der Waals surface area contributed by atoms with Gasteiger partial charge < -0.3 is 9.52 Å². The number of ketones is 1. The molecule has 1 N–H and O–H groups in total. The minimum atomic E-state index is -0.0717. The summed E-state index contributed by atoms with van der Waals surface area (Å²) in [6.45, 7) is 23.6. The summed E-state index contributed by atoms with van der Waals surface area (Å²) in [5.74, 6) is 0.547. The Morgan fingerprint density at radius 1 is 0.904 bits per heavy atom. The number of aliphatic hydroxyl groups excluding tert-OH is 1. The van der Waals surface area contributed by atoms with Gasteiger partial charge in [-0.3, -0.25) is 14.8 Å². The fraction of sp³-hybridized carbons (Fsp3) is 0.455. The maximum absolute atomic E-state index is 11.7. The first-order valence-electron chi connectivity index (χ1n) is 18.5. The largest absolute Gasteiger partial charge is 0.512 e. The molecule has 0 saturated carbocycles. The van der Waals surface area contributed by atoms with E-state index >= 15 is 0 Å². The molecule has 0 bridgehead atoms. The zero-order valence-corrected chi connectivity index (χ0v) is 35.9. The van der Waals surface area contributed by atoms with Crippen LogP contribution in [-0.2, 0) is 36.7 Å². The average Bonchev–Trinajstić information content (AvgIpc) is 3.61. The second-order valence-electron chi connectivity index (χ2n) is 16.0. The summed E-state index contributed by atoms with van der Waals surface area (Å²) in [7, 11) is 0. The second kappa shape index (κ2) is 16.7. The van der Waals surface area contributed by atoms with Gasteiger partial charge in [0.05, 0.1) is 15.2 Å². The molecule has 0 aliphatic heterocycles. The Morgan fingerprint density at radius 2 is 1.58 bits per heavy atom. The number of aryl methyl sites for hydroxylation is 1. The predicted octanol–water partition coefficient (Wildman–Crippen LogP) is 12.7. The van der Waals surface area contributed by atoms with Crippen LogP contribution in [0.2, 0.25) is 0 Å². The van der Waals surface area contributed by atoms with E-state index in [0.717, 1.165) is 91.4 Å². The standard InChI is InChI=1S/C31H30N3OS.C13H24O2.Ir/c1-17-8-10-19-13-20(14-22(24(19)34-17)31(5,6)7)25-29-26(33-16-32-25)27-28(36-29)21-12-18(15-30(2,3)4)9-11-23(21)35-27;1-5-10(6-2)12(14)9-13(15)11(7-3)8-4;/h8-12,14,16H,15H2,1-7H3;9-11,14H,5-8H2,1-4H3;/q-1;;/b;12-9-;. The number of furan rings is 1. The van der Waals surface area contributed by atoms with Crippen LogP contribution in [-0.4, -0.2) is 25.8 Å². The van der Waals surface area contributed by atoms with Gasteiger partial charge in [-0.15, -0.1) is 29.5 Å². The zero-order valence-electron chi connectivity index (χ0n) is 32.7. The summed E-state index contributed by atoms with van der Waals surface area (Å²) in [4.78, 5) is 26.0. The summed E-state index contributed by atoms with van der Waals surface area (Å²) in [5.41, 5.74) is 9.15. The summed E-state index contributed by atoms with van der Waals surface area (Å²) in [6, 6.07) is 16.5. The molecule has 2 aromatic carbocycles. The van der Waals surface area contributed by atoms with Gasteiger partial charge in [0, 0.05) is 60.3 Å². The van der Waals surface area contributed by atoms with Crippen molar-refractivity contribution in [2.24, 2.45) is 17.3 Å². The smallest absolute Gasteiger partial charge is 0.171 e. The Bertz CT molecular complexity index is 2210. The molecule has 0 unspecified atom stereocenters. The van der Waals surface area contributed by atoms with Crippen LogP contribution < -0.4 is 0 Å². The van der Waals surface area contributed by atoms with Crippen LogP contribution in [0.1, 0.15) is 112 Å². The Morgan fingerprint density at radius 3 is 2.19 bits per heavy atom. The van der Waals surface area contributed by atoms with Gasteiger partial charge in [-0.25, -0.2) is 4.98 Å². The molecule has 1 radical (unpaired) electrons. The molecule has 0 atom stereocenters. The number of benzene rings is 2. The number of aliphatic hydroxyl groups is 1. The molecular weight excluding hydrogens is 843 g/mol. The van der Waals surface area contributed by atoms with Gasteiger partial charge in [-0.2, -0.15) is 0 Å². The van der Waals surface area contributed by atoms with Crippen LogP contribution in [0.4, 0.5) is 0 Å². The van der Waals surface area contributed by atoms with Crippen molar-refractivity contribution in [3.63, 3.8) is 0 Å². The predicted molar refractivity (Wildman–Crippen MR) is 215 cm³/mol. The molecule has 0 amide bonds. The van der Waals surface area contributed by atoms with Gasteiger partial charge in [-0.05, 0) is 67.6 Å². The van der Waals surface area contributed by atoms with E-state index in [-0.39, 0.29) is 54.3 Å². The Hall–Kier alpha value is -3.45. The van der Waals surface area contributed by atoms with Gasteiger partial charge in [0.15, 0.2) is 11.4 Å². The number of thiophene rings is 1. The Labute approximate surface area is 326 Å². The third kappa shape index (κ3) is 9.01. The molecule has 52 heavy (non-hydrogen) atoms. The third-order valence-electron chi connectivity index (χ3n) is 9.66. The minimum Gasteiger partial charge on any atom is -0.512 e. The molecule has 279 valence electrons. The molecule has 0 aliphatic carbocycles. The van der Waals surface area contributed by atoms with Crippen LogP contribution in [0, 0.1) is 30.2 Å². The molecular formula is C44H54IrN3O3S-. The van der Waals surface area contributed by atoms with Crippen molar-refractivity contribution in [1.82, 2.24) is 15.0 Å². The van der Waals surface area contributed by atoms with E-state index in [9.17, 15) is 9.90 Å². The molecule has 0 aliphatic rings. The first-order chi connectivity index (χ1) is 24.1. The van der Waals surface area contributed by atoms with Crippen LogP contribution >= 0.6 is 11.3 Å². The first kappa shape index (κ1) is 41.3. The number of fused-ring (bicyclic) bond motifs is 6. The molecule has 4 aromatic heterocycles. The Kier molecular flexibility index (Phi) is 13.3. The number of nitrogens with zero attached hydrogens (tertiary/aromatic N) is 3. The molecule has 4 heterocycles. The van der Waals surface area contributed by atoms with E-state index in [1.54, 1.807) is 17.7 Å². The summed E-state index contributed by atoms with van der Waals surface area (Å²) in [5, 5.41) is 11.9. The first-order valence-corrected chi connectivity index (χ1v) is 19.3. The SMILES string of the molecule is CCC(CC)C(=O)/C=C(\O)C(CC)CC.Cc1ccc2[c-]c(-c3ncnc4c3sc3c5cc(CC(C)(C)C)ccc5oc43)cc(C(C)(C)C)c2n1.[Ir]. The van der Waals surface area contributed by atoms with Crippen molar-refractivity contribution in [2.75, 3.05) is 0 Å². The number of hydrogen-bond acceptors (Lipinski definition) is 7. The number of hydrogen-bond donors (Lipinski definition) is 1. The molecule has 6 nitrogen and oxygen atoms in total. The van der Waals surface area contributed by atoms with E-state index in [2.05, 4.69) is 82.9 Å².